The smallest absolute Gasteiger partial charge is 0.244 e. The molecule has 0 amide bonds. The van der Waals surface area contributed by atoms with Crippen LogP contribution in [0.3, 0.4) is 0 Å². The molecule has 0 aliphatic heterocycles. The number of hydrogen-bond donors (Lipinski definition) is 0. The fourth-order valence-electron chi connectivity index (χ4n) is 1.48. The third kappa shape index (κ3) is 2.20. The van der Waals surface area contributed by atoms with Crippen molar-refractivity contribution in [3.05, 3.63) is 59.7 Å². The van der Waals surface area contributed by atoms with E-state index in [9.17, 15) is 14.4 Å². The fraction of sp³-hybridized carbons (Fsp3) is 0. The van der Waals surface area contributed by atoms with Crippen LogP contribution < -0.4 is 0 Å². The van der Waals surface area contributed by atoms with E-state index in [0.717, 1.165) is 0 Å². The highest BCUT2D eigenvalue weighted by molar-refractivity contribution is 6.35. The molecule has 2 aromatic heterocycles. The summed E-state index contributed by atoms with van der Waals surface area (Å²) in [6, 6.07) is 7.85. The molecule has 88 valence electrons. The number of carbonyl (C=O) groups excluding carboxylic acids is 3. The van der Waals surface area contributed by atoms with E-state index in [1.165, 1.54) is 30.6 Å². The van der Waals surface area contributed by atoms with Crippen LogP contribution in [0.5, 0.6) is 0 Å². The topological polar surface area (TPSA) is 77.0 Å². The van der Waals surface area contributed by atoms with Crippen LogP contribution in [-0.2, 0) is 4.79 Å². The summed E-state index contributed by atoms with van der Waals surface area (Å²) in [4.78, 5) is 41.7. The number of pyridine rings is 2. The van der Waals surface area contributed by atoms with Gasteiger partial charge in [0.2, 0.25) is 11.6 Å². The van der Waals surface area contributed by atoms with Crippen LogP contribution in [0.15, 0.2) is 42.7 Å². The Kier molecular flexibility index (Phi) is 3.33. The monoisotopic (exact) mass is 240 g/mol. The van der Waals surface area contributed by atoms with Gasteiger partial charge in [-0.05, 0) is 24.3 Å². The second-order valence-electron chi connectivity index (χ2n) is 3.43. The number of Topliss-reactive ketones (excluding diaryl/α,β-unsaturated/α-hetero) is 1. The molecule has 2 heterocycles. The highest BCUT2D eigenvalue weighted by atomic mass is 16.2. The number of rotatable bonds is 4. The molecule has 2 aromatic rings. The Hall–Kier alpha value is -2.69. The summed E-state index contributed by atoms with van der Waals surface area (Å²) >= 11 is 0. The molecular weight excluding hydrogens is 232 g/mol. The van der Waals surface area contributed by atoms with Crippen molar-refractivity contribution in [1.82, 2.24) is 9.97 Å². The predicted octanol–water partition coefficient (Wildman–Crippen LogP) is 1.09. The Balaban J connectivity index is 2.49. The Morgan fingerprint density at radius 1 is 1.00 bits per heavy atom. The standard InChI is InChI=1S/C13H8N2O3/c16-8-11(17)12-9(4-3-7-15-12)13(18)10-5-1-2-6-14-10/h1-8H. The maximum Gasteiger partial charge on any atom is 0.244 e. The molecule has 5 nitrogen and oxygen atoms in total. The third-order valence-electron chi connectivity index (χ3n) is 2.29. The minimum absolute atomic E-state index is 0.0771. The highest BCUT2D eigenvalue weighted by Crippen LogP contribution is 2.11. The SMILES string of the molecule is O=CC(=O)c1ncccc1C(=O)c1ccccn1. The van der Waals surface area contributed by atoms with Gasteiger partial charge >= 0.3 is 0 Å². The second-order valence-corrected chi connectivity index (χ2v) is 3.43. The third-order valence-corrected chi connectivity index (χ3v) is 2.29. The van der Waals surface area contributed by atoms with Crippen LogP contribution in [0.4, 0.5) is 0 Å². The van der Waals surface area contributed by atoms with E-state index < -0.39 is 11.6 Å². The number of aldehydes is 1. The maximum atomic E-state index is 12.1. The number of carbonyl (C=O) groups is 3. The first-order valence-electron chi connectivity index (χ1n) is 5.14. The van der Waals surface area contributed by atoms with E-state index in [-0.39, 0.29) is 23.2 Å². The Bertz CT molecular complexity index is 609. The van der Waals surface area contributed by atoms with Gasteiger partial charge in [-0.2, -0.15) is 0 Å². The molecule has 2 rings (SSSR count). The molecule has 0 radical (unpaired) electrons. The number of aromatic nitrogens is 2. The van der Waals surface area contributed by atoms with Crippen LogP contribution in [0.25, 0.3) is 0 Å². The number of nitrogens with zero attached hydrogens (tertiary/aromatic N) is 2. The van der Waals surface area contributed by atoms with Gasteiger partial charge < -0.3 is 0 Å². The lowest BCUT2D eigenvalue weighted by Crippen LogP contribution is -2.13. The largest absolute Gasteiger partial charge is 0.294 e. The average molecular weight is 240 g/mol. The zero-order valence-electron chi connectivity index (χ0n) is 9.24. The molecule has 0 fully saturated rings. The molecule has 0 bridgehead atoms. The number of ketones is 2. The lowest BCUT2D eigenvalue weighted by atomic mass is 10.0. The van der Waals surface area contributed by atoms with Gasteiger partial charge in [0.05, 0.1) is 5.56 Å². The van der Waals surface area contributed by atoms with E-state index in [0.29, 0.717) is 0 Å². The Morgan fingerprint density at radius 3 is 2.44 bits per heavy atom. The Morgan fingerprint density at radius 2 is 1.78 bits per heavy atom. The summed E-state index contributed by atoms with van der Waals surface area (Å²) in [7, 11) is 0. The molecule has 0 spiro atoms. The van der Waals surface area contributed by atoms with E-state index in [1.807, 2.05) is 0 Å². The molecule has 0 saturated carbocycles. The molecule has 0 aliphatic carbocycles. The van der Waals surface area contributed by atoms with Gasteiger partial charge in [-0.15, -0.1) is 0 Å². The zero-order chi connectivity index (χ0) is 13.0. The Labute approximate surface area is 103 Å². The van der Waals surface area contributed by atoms with Gasteiger partial charge in [-0.1, -0.05) is 6.07 Å². The normalized spacial score (nSPS) is 9.78. The molecule has 0 unspecified atom stereocenters. The lowest BCUT2D eigenvalue weighted by Gasteiger charge is -2.03. The van der Waals surface area contributed by atoms with Crippen molar-refractivity contribution in [1.29, 1.82) is 0 Å². The van der Waals surface area contributed by atoms with Gasteiger partial charge in [0.15, 0.2) is 6.29 Å². The maximum absolute atomic E-state index is 12.1. The molecule has 0 aliphatic rings. The average Bonchev–Trinajstić information content (AvgIpc) is 2.46. The predicted molar refractivity (Wildman–Crippen MR) is 62.3 cm³/mol. The minimum Gasteiger partial charge on any atom is -0.294 e. The first kappa shape index (κ1) is 11.8. The summed E-state index contributed by atoms with van der Waals surface area (Å²) < 4.78 is 0. The molecule has 18 heavy (non-hydrogen) atoms. The summed E-state index contributed by atoms with van der Waals surface area (Å²) in [5.74, 6) is -1.26. The molecule has 0 N–H and O–H groups in total. The van der Waals surface area contributed by atoms with E-state index in [1.54, 1.807) is 12.1 Å². The quantitative estimate of drug-likeness (QED) is 0.454. The first-order chi connectivity index (χ1) is 8.74. The van der Waals surface area contributed by atoms with Crippen LogP contribution in [0.1, 0.15) is 26.5 Å². The first-order valence-corrected chi connectivity index (χ1v) is 5.14. The van der Waals surface area contributed by atoms with Crippen molar-refractivity contribution in [2.45, 2.75) is 0 Å². The van der Waals surface area contributed by atoms with E-state index >= 15 is 0 Å². The fourth-order valence-corrected chi connectivity index (χ4v) is 1.48. The van der Waals surface area contributed by atoms with Gasteiger partial charge in [-0.3, -0.25) is 24.4 Å². The second kappa shape index (κ2) is 5.09. The summed E-state index contributed by atoms with van der Waals surface area (Å²) in [5.41, 5.74) is 0.127. The molecular formula is C13H8N2O3. The molecule has 0 aromatic carbocycles. The summed E-state index contributed by atoms with van der Waals surface area (Å²) in [6.45, 7) is 0. The summed E-state index contributed by atoms with van der Waals surface area (Å²) in [6.07, 6.45) is 2.97. The van der Waals surface area contributed by atoms with E-state index in [2.05, 4.69) is 9.97 Å². The van der Waals surface area contributed by atoms with Crippen molar-refractivity contribution in [2.24, 2.45) is 0 Å². The van der Waals surface area contributed by atoms with Gasteiger partial charge in [0, 0.05) is 12.4 Å². The molecule has 0 saturated heterocycles. The van der Waals surface area contributed by atoms with Crippen molar-refractivity contribution >= 4 is 17.9 Å². The molecule has 5 heteroatoms. The van der Waals surface area contributed by atoms with Crippen LogP contribution in [0.2, 0.25) is 0 Å². The van der Waals surface area contributed by atoms with Gasteiger partial charge in [0.25, 0.3) is 0 Å². The van der Waals surface area contributed by atoms with Crippen molar-refractivity contribution in [3.8, 4) is 0 Å². The van der Waals surface area contributed by atoms with Crippen molar-refractivity contribution in [3.63, 3.8) is 0 Å². The van der Waals surface area contributed by atoms with Gasteiger partial charge in [-0.25, -0.2) is 0 Å². The molecule has 0 atom stereocenters. The highest BCUT2D eigenvalue weighted by Gasteiger charge is 2.19. The van der Waals surface area contributed by atoms with E-state index in [4.69, 9.17) is 0 Å². The van der Waals surface area contributed by atoms with Crippen molar-refractivity contribution < 1.29 is 14.4 Å². The van der Waals surface area contributed by atoms with Gasteiger partial charge in [0.1, 0.15) is 11.4 Å². The van der Waals surface area contributed by atoms with Crippen molar-refractivity contribution in [2.75, 3.05) is 0 Å². The van der Waals surface area contributed by atoms with Crippen LogP contribution in [0, 0.1) is 0 Å². The van der Waals surface area contributed by atoms with Crippen LogP contribution in [-0.4, -0.2) is 27.8 Å². The lowest BCUT2D eigenvalue weighted by molar-refractivity contribution is -0.104. The zero-order valence-corrected chi connectivity index (χ0v) is 9.24. The minimum atomic E-state index is -0.824. The van der Waals surface area contributed by atoms with Crippen LogP contribution >= 0.6 is 0 Å². The summed E-state index contributed by atoms with van der Waals surface area (Å²) in [5, 5.41) is 0. The number of hydrogen-bond acceptors (Lipinski definition) is 5.